The molecule has 0 aliphatic rings. The first kappa shape index (κ1) is 8.93. The van der Waals surface area contributed by atoms with E-state index in [0.717, 1.165) is 0 Å². The Balaban J connectivity index is 2.85. The summed E-state index contributed by atoms with van der Waals surface area (Å²) in [6.45, 7) is 1.82. The molecule has 1 aromatic rings. The lowest BCUT2D eigenvalue weighted by molar-refractivity contribution is 0.0941. The minimum absolute atomic E-state index is 0.0185. The van der Waals surface area contributed by atoms with Crippen molar-refractivity contribution in [3.8, 4) is 0 Å². The van der Waals surface area contributed by atoms with Crippen LogP contribution < -0.4 is 5.32 Å². The lowest BCUT2D eigenvalue weighted by atomic mass is 10.2. The maximum Gasteiger partial charge on any atom is 0.214 e. The SMILES string of the molecule is CNC(C)C(=O)c1nccn1C. The van der Waals surface area contributed by atoms with Crippen molar-refractivity contribution in [3.63, 3.8) is 0 Å². The molecule has 12 heavy (non-hydrogen) atoms. The minimum atomic E-state index is -0.175. The summed E-state index contributed by atoms with van der Waals surface area (Å²) >= 11 is 0. The van der Waals surface area contributed by atoms with Gasteiger partial charge in [0.2, 0.25) is 5.78 Å². The summed E-state index contributed by atoms with van der Waals surface area (Å²) in [5.41, 5.74) is 0. The lowest BCUT2D eigenvalue weighted by Crippen LogP contribution is -2.32. The zero-order valence-corrected chi connectivity index (χ0v) is 7.53. The van der Waals surface area contributed by atoms with Crippen LogP contribution in [0.1, 0.15) is 17.5 Å². The molecule has 1 aromatic heterocycles. The molecule has 0 bridgehead atoms. The van der Waals surface area contributed by atoms with Crippen molar-refractivity contribution in [2.75, 3.05) is 7.05 Å². The van der Waals surface area contributed by atoms with E-state index >= 15 is 0 Å². The Morgan fingerprint density at radius 3 is 2.83 bits per heavy atom. The van der Waals surface area contributed by atoms with E-state index in [1.807, 2.05) is 14.0 Å². The molecule has 1 unspecified atom stereocenters. The Kier molecular flexibility index (Phi) is 2.60. The standard InChI is InChI=1S/C8H13N3O/c1-6(9-2)7(12)8-10-4-5-11(8)3/h4-6,9H,1-3H3. The van der Waals surface area contributed by atoms with Crippen molar-refractivity contribution in [2.24, 2.45) is 7.05 Å². The Bertz CT molecular complexity index is 280. The fourth-order valence-corrected chi connectivity index (χ4v) is 0.928. The van der Waals surface area contributed by atoms with Crippen molar-refractivity contribution in [3.05, 3.63) is 18.2 Å². The number of carbonyl (C=O) groups excluding carboxylic acids is 1. The second kappa shape index (κ2) is 3.49. The maximum absolute atomic E-state index is 11.5. The molecule has 0 radical (unpaired) electrons. The number of aromatic nitrogens is 2. The molecule has 66 valence electrons. The zero-order chi connectivity index (χ0) is 9.14. The van der Waals surface area contributed by atoms with Gasteiger partial charge in [-0.1, -0.05) is 0 Å². The van der Waals surface area contributed by atoms with Crippen LogP contribution in [0.2, 0.25) is 0 Å². The average Bonchev–Trinajstić information content (AvgIpc) is 2.48. The van der Waals surface area contributed by atoms with Crippen molar-refractivity contribution < 1.29 is 4.79 Å². The van der Waals surface area contributed by atoms with E-state index in [9.17, 15) is 4.79 Å². The largest absolute Gasteiger partial charge is 0.332 e. The number of likely N-dealkylation sites (N-methyl/N-ethyl adjacent to an activating group) is 1. The van der Waals surface area contributed by atoms with E-state index in [-0.39, 0.29) is 11.8 Å². The third kappa shape index (κ3) is 1.53. The number of nitrogens with one attached hydrogen (secondary N) is 1. The fourth-order valence-electron chi connectivity index (χ4n) is 0.928. The summed E-state index contributed by atoms with van der Waals surface area (Å²) in [6.07, 6.45) is 3.38. The normalized spacial score (nSPS) is 12.9. The number of hydrogen-bond acceptors (Lipinski definition) is 3. The zero-order valence-electron chi connectivity index (χ0n) is 7.53. The van der Waals surface area contributed by atoms with Gasteiger partial charge in [-0.05, 0) is 14.0 Å². The van der Waals surface area contributed by atoms with Gasteiger partial charge in [0.15, 0.2) is 5.82 Å². The number of Topliss-reactive ketones (excluding diaryl/α,β-unsaturated/α-hetero) is 1. The summed E-state index contributed by atoms with van der Waals surface area (Å²) in [7, 11) is 3.56. The summed E-state index contributed by atoms with van der Waals surface area (Å²) in [4.78, 5) is 15.5. The first-order valence-corrected chi connectivity index (χ1v) is 3.85. The monoisotopic (exact) mass is 167 g/mol. The molecule has 1 heterocycles. The minimum Gasteiger partial charge on any atom is -0.332 e. The first-order chi connectivity index (χ1) is 5.66. The molecule has 0 fully saturated rings. The van der Waals surface area contributed by atoms with Crippen LogP contribution in [-0.4, -0.2) is 28.4 Å². The van der Waals surface area contributed by atoms with Crippen LogP contribution in [0, 0.1) is 0 Å². The van der Waals surface area contributed by atoms with Gasteiger partial charge in [-0.3, -0.25) is 4.79 Å². The highest BCUT2D eigenvalue weighted by molar-refractivity contribution is 5.96. The van der Waals surface area contributed by atoms with E-state index in [2.05, 4.69) is 10.3 Å². The molecule has 4 nitrogen and oxygen atoms in total. The van der Waals surface area contributed by atoms with Crippen molar-refractivity contribution in [2.45, 2.75) is 13.0 Å². The molecule has 0 saturated carbocycles. The van der Waals surface area contributed by atoms with Crippen LogP contribution in [0.5, 0.6) is 0 Å². The van der Waals surface area contributed by atoms with Crippen molar-refractivity contribution >= 4 is 5.78 Å². The first-order valence-electron chi connectivity index (χ1n) is 3.85. The molecule has 1 rings (SSSR count). The summed E-state index contributed by atoms with van der Waals surface area (Å²) in [5.74, 6) is 0.516. The highest BCUT2D eigenvalue weighted by Gasteiger charge is 2.16. The van der Waals surface area contributed by atoms with E-state index in [4.69, 9.17) is 0 Å². The van der Waals surface area contributed by atoms with Crippen LogP contribution in [0.25, 0.3) is 0 Å². The molecule has 0 aliphatic carbocycles. The van der Waals surface area contributed by atoms with Crippen LogP contribution >= 0.6 is 0 Å². The van der Waals surface area contributed by atoms with E-state index in [1.165, 1.54) is 0 Å². The predicted molar refractivity (Wildman–Crippen MR) is 46.1 cm³/mol. The molecular weight excluding hydrogens is 154 g/mol. The summed E-state index contributed by atoms with van der Waals surface area (Å²) in [6, 6.07) is -0.175. The van der Waals surface area contributed by atoms with E-state index < -0.39 is 0 Å². The van der Waals surface area contributed by atoms with Crippen LogP contribution in [-0.2, 0) is 7.05 Å². The molecule has 0 amide bonds. The number of hydrogen-bond donors (Lipinski definition) is 1. The highest BCUT2D eigenvalue weighted by atomic mass is 16.1. The molecule has 0 saturated heterocycles. The van der Waals surface area contributed by atoms with Gasteiger partial charge < -0.3 is 9.88 Å². The van der Waals surface area contributed by atoms with Crippen LogP contribution in [0.15, 0.2) is 12.4 Å². The summed E-state index contributed by atoms with van der Waals surface area (Å²) in [5, 5.41) is 2.88. The maximum atomic E-state index is 11.5. The number of nitrogens with zero attached hydrogens (tertiary/aromatic N) is 2. The third-order valence-corrected chi connectivity index (χ3v) is 1.87. The molecule has 1 atom stereocenters. The number of aryl methyl sites for hydroxylation is 1. The highest BCUT2D eigenvalue weighted by Crippen LogP contribution is 1.99. The smallest absolute Gasteiger partial charge is 0.214 e. The number of rotatable bonds is 3. The van der Waals surface area contributed by atoms with Gasteiger partial charge in [0.1, 0.15) is 0 Å². The van der Waals surface area contributed by atoms with Gasteiger partial charge in [0.25, 0.3) is 0 Å². The number of ketones is 1. The van der Waals surface area contributed by atoms with Crippen LogP contribution in [0.3, 0.4) is 0 Å². The third-order valence-electron chi connectivity index (χ3n) is 1.87. The summed E-state index contributed by atoms with van der Waals surface area (Å²) < 4.78 is 1.72. The molecule has 0 spiro atoms. The Morgan fingerprint density at radius 1 is 1.75 bits per heavy atom. The van der Waals surface area contributed by atoms with Gasteiger partial charge in [-0.15, -0.1) is 0 Å². The van der Waals surface area contributed by atoms with Gasteiger partial charge in [0, 0.05) is 19.4 Å². The predicted octanol–water partition coefficient (Wildman–Crippen LogP) is 0.211. The number of carbonyl (C=O) groups is 1. The van der Waals surface area contributed by atoms with Crippen molar-refractivity contribution in [1.82, 2.24) is 14.9 Å². The van der Waals surface area contributed by atoms with Gasteiger partial charge in [0.05, 0.1) is 6.04 Å². The second-order valence-electron chi connectivity index (χ2n) is 2.74. The fraction of sp³-hybridized carbons (Fsp3) is 0.500. The van der Waals surface area contributed by atoms with Gasteiger partial charge in [-0.25, -0.2) is 4.98 Å². The lowest BCUT2D eigenvalue weighted by Gasteiger charge is -2.07. The number of imidazole rings is 1. The quantitative estimate of drug-likeness (QED) is 0.655. The Morgan fingerprint density at radius 2 is 2.42 bits per heavy atom. The molecular formula is C8H13N3O. The van der Waals surface area contributed by atoms with Crippen molar-refractivity contribution in [1.29, 1.82) is 0 Å². The Labute approximate surface area is 71.6 Å². The van der Waals surface area contributed by atoms with Gasteiger partial charge in [-0.2, -0.15) is 0 Å². The van der Waals surface area contributed by atoms with Gasteiger partial charge >= 0.3 is 0 Å². The second-order valence-corrected chi connectivity index (χ2v) is 2.74. The van der Waals surface area contributed by atoms with E-state index in [1.54, 1.807) is 24.0 Å². The topological polar surface area (TPSA) is 46.9 Å². The average molecular weight is 167 g/mol. The molecule has 0 aromatic carbocycles. The molecule has 0 aliphatic heterocycles. The van der Waals surface area contributed by atoms with Crippen LogP contribution in [0.4, 0.5) is 0 Å². The Hall–Kier alpha value is -1.16. The van der Waals surface area contributed by atoms with E-state index in [0.29, 0.717) is 5.82 Å². The molecule has 1 N–H and O–H groups in total. The molecule has 4 heteroatoms.